The Bertz CT molecular complexity index is 1020. The Kier molecular flexibility index (Phi) is 4.84. The molecule has 5 rings (SSSR count). The molecular weight excluding hydrogens is 384 g/mol. The molecular formula is C21H24N6O3. The summed E-state index contributed by atoms with van der Waals surface area (Å²) in [5.41, 5.74) is 3.83. The van der Waals surface area contributed by atoms with E-state index in [1.165, 1.54) is 5.69 Å². The summed E-state index contributed by atoms with van der Waals surface area (Å²) in [6, 6.07) is 7.37. The van der Waals surface area contributed by atoms with E-state index >= 15 is 0 Å². The fraction of sp³-hybridized carbons (Fsp3) is 0.429. The number of amides is 3. The molecule has 1 saturated heterocycles. The van der Waals surface area contributed by atoms with E-state index in [2.05, 4.69) is 21.0 Å². The second-order valence-corrected chi connectivity index (χ2v) is 8.06. The van der Waals surface area contributed by atoms with Gasteiger partial charge in [0.1, 0.15) is 6.04 Å². The number of fused-ring (bicyclic) bond motifs is 2. The van der Waals surface area contributed by atoms with Gasteiger partial charge in [-0.25, -0.2) is 0 Å². The molecule has 0 saturated carbocycles. The van der Waals surface area contributed by atoms with E-state index in [0.717, 1.165) is 30.8 Å². The van der Waals surface area contributed by atoms with Crippen LogP contribution in [0.4, 0.5) is 0 Å². The molecule has 1 aromatic carbocycles. The van der Waals surface area contributed by atoms with Gasteiger partial charge in [0.05, 0.1) is 12.2 Å². The summed E-state index contributed by atoms with van der Waals surface area (Å²) in [5.74, 6) is -0.798. The van der Waals surface area contributed by atoms with Gasteiger partial charge in [0.15, 0.2) is 0 Å². The maximum atomic E-state index is 13.0. The second kappa shape index (κ2) is 7.66. The number of carbonyl (C=O) groups excluding carboxylic acids is 3. The lowest BCUT2D eigenvalue weighted by molar-refractivity contribution is -0.136. The Balaban J connectivity index is 1.30. The van der Waals surface area contributed by atoms with Gasteiger partial charge >= 0.3 is 0 Å². The average Bonchev–Trinajstić information content (AvgIpc) is 3.25. The van der Waals surface area contributed by atoms with E-state index in [1.54, 1.807) is 4.90 Å². The maximum absolute atomic E-state index is 13.0. The molecule has 0 radical (unpaired) electrons. The van der Waals surface area contributed by atoms with Crippen molar-refractivity contribution < 1.29 is 14.4 Å². The highest BCUT2D eigenvalue weighted by atomic mass is 16.2. The normalized spacial score (nSPS) is 23.7. The standard InChI is InChI=1S/C21H24N6O3/c28-19-5-4-18(20(29)25-19)26-12-17-13(2-1-3-16(17)21(26)30)8-23-14-9-22-10-15-6-7-24-27(15)11-14/h1-3,6-7,14,18,22-23H,4-5,8-12H2,(H,25,28,29). The van der Waals surface area contributed by atoms with Gasteiger partial charge in [0.2, 0.25) is 11.8 Å². The lowest BCUT2D eigenvalue weighted by atomic mass is 10.0. The number of hydrogen-bond donors (Lipinski definition) is 3. The van der Waals surface area contributed by atoms with Gasteiger partial charge in [0.25, 0.3) is 5.91 Å². The Hall–Kier alpha value is -3.04. The van der Waals surface area contributed by atoms with Crippen LogP contribution in [-0.2, 0) is 35.8 Å². The molecule has 0 bridgehead atoms. The molecule has 0 aliphatic carbocycles. The fourth-order valence-corrected chi connectivity index (χ4v) is 4.53. The predicted molar refractivity (Wildman–Crippen MR) is 107 cm³/mol. The first-order valence-corrected chi connectivity index (χ1v) is 10.3. The van der Waals surface area contributed by atoms with Crippen molar-refractivity contribution in [3.8, 4) is 0 Å². The molecule has 9 nitrogen and oxygen atoms in total. The molecule has 0 spiro atoms. The van der Waals surface area contributed by atoms with Gasteiger partial charge in [-0.05, 0) is 29.7 Å². The number of aromatic nitrogens is 2. The lowest BCUT2D eigenvalue weighted by Crippen LogP contribution is -2.52. The predicted octanol–water partition coefficient (Wildman–Crippen LogP) is -0.0943. The lowest BCUT2D eigenvalue weighted by Gasteiger charge is -2.29. The molecule has 2 unspecified atom stereocenters. The van der Waals surface area contributed by atoms with Crippen molar-refractivity contribution in [1.29, 1.82) is 0 Å². The topological polar surface area (TPSA) is 108 Å². The quantitative estimate of drug-likeness (QED) is 0.610. The number of nitrogens with one attached hydrogen (secondary N) is 3. The molecule has 3 aliphatic heterocycles. The van der Waals surface area contributed by atoms with Crippen molar-refractivity contribution in [2.45, 2.75) is 51.1 Å². The SMILES string of the molecule is O=C1CCC(N2Cc3c(CNC4CNCc5ccnn5C4)cccc3C2=O)C(=O)N1. The number of rotatable bonds is 4. The van der Waals surface area contributed by atoms with Crippen molar-refractivity contribution in [1.82, 2.24) is 30.6 Å². The maximum Gasteiger partial charge on any atom is 0.255 e. The van der Waals surface area contributed by atoms with Gasteiger partial charge in [0, 0.05) is 50.4 Å². The summed E-state index contributed by atoms with van der Waals surface area (Å²) in [6.45, 7) is 3.44. The van der Waals surface area contributed by atoms with Gasteiger partial charge < -0.3 is 15.5 Å². The van der Waals surface area contributed by atoms with Crippen LogP contribution in [0.3, 0.4) is 0 Å². The van der Waals surface area contributed by atoms with Crippen LogP contribution in [0.1, 0.15) is 40.0 Å². The van der Waals surface area contributed by atoms with E-state index < -0.39 is 6.04 Å². The Labute approximate surface area is 173 Å². The number of carbonyl (C=O) groups is 3. The summed E-state index contributed by atoms with van der Waals surface area (Å²) < 4.78 is 2.02. The van der Waals surface area contributed by atoms with Crippen molar-refractivity contribution >= 4 is 17.7 Å². The number of hydrogen-bond acceptors (Lipinski definition) is 6. The van der Waals surface area contributed by atoms with Crippen molar-refractivity contribution in [2.24, 2.45) is 0 Å². The highest BCUT2D eigenvalue weighted by molar-refractivity contribution is 6.05. The largest absolute Gasteiger partial charge is 0.322 e. The Morgan fingerprint density at radius 2 is 2.10 bits per heavy atom. The molecule has 1 fully saturated rings. The monoisotopic (exact) mass is 408 g/mol. The zero-order valence-electron chi connectivity index (χ0n) is 16.6. The van der Waals surface area contributed by atoms with Gasteiger partial charge in [-0.1, -0.05) is 12.1 Å². The first-order chi connectivity index (χ1) is 14.6. The molecule has 30 heavy (non-hydrogen) atoms. The van der Waals surface area contributed by atoms with E-state index in [0.29, 0.717) is 25.1 Å². The summed E-state index contributed by atoms with van der Waals surface area (Å²) in [4.78, 5) is 38.3. The van der Waals surface area contributed by atoms with E-state index in [4.69, 9.17) is 0 Å². The third-order valence-electron chi connectivity index (χ3n) is 6.15. The zero-order valence-corrected chi connectivity index (χ0v) is 16.6. The Morgan fingerprint density at radius 1 is 1.20 bits per heavy atom. The molecule has 2 atom stereocenters. The fourth-order valence-electron chi connectivity index (χ4n) is 4.53. The number of piperidine rings is 1. The van der Waals surface area contributed by atoms with Crippen LogP contribution in [0, 0.1) is 0 Å². The Morgan fingerprint density at radius 3 is 2.97 bits per heavy atom. The molecule has 1 aromatic heterocycles. The number of imide groups is 1. The third-order valence-corrected chi connectivity index (χ3v) is 6.15. The van der Waals surface area contributed by atoms with E-state index in [9.17, 15) is 14.4 Å². The molecule has 3 amide bonds. The van der Waals surface area contributed by atoms with Crippen molar-refractivity contribution in [2.75, 3.05) is 6.54 Å². The van der Waals surface area contributed by atoms with Crippen LogP contribution in [-0.4, -0.2) is 51.0 Å². The summed E-state index contributed by atoms with van der Waals surface area (Å²) in [6.07, 6.45) is 2.45. The average molecular weight is 408 g/mol. The summed E-state index contributed by atoms with van der Waals surface area (Å²) in [7, 11) is 0. The minimum atomic E-state index is -0.590. The first kappa shape index (κ1) is 19.0. The van der Waals surface area contributed by atoms with Crippen LogP contribution >= 0.6 is 0 Å². The molecule has 3 N–H and O–H groups in total. The summed E-state index contributed by atoms with van der Waals surface area (Å²) >= 11 is 0. The van der Waals surface area contributed by atoms with Crippen LogP contribution in [0.25, 0.3) is 0 Å². The first-order valence-electron chi connectivity index (χ1n) is 10.3. The van der Waals surface area contributed by atoms with Gasteiger partial charge in [-0.2, -0.15) is 5.10 Å². The van der Waals surface area contributed by atoms with Crippen molar-refractivity contribution in [3.05, 3.63) is 52.8 Å². The highest BCUT2D eigenvalue weighted by Gasteiger charge is 2.39. The number of nitrogens with zero attached hydrogens (tertiary/aromatic N) is 3. The molecule has 2 aromatic rings. The smallest absolute Gasteiger partial charge is 0.255 e. The third kappa shape index (κ3) is 3.40. The molecule has 4 heterocycles. The molecule has 9 heteroatoms. The summed E-state index contributed by atoms with van der Waals surface area (Å²) in [5, 5.41) is 13.8. The second-order valence-electron chi connectivity index (χ2n) is 8.06. The minimum absolute atomic E-state index is 0.140. The van der Waals surface area contributed by atoms with Crippen LogP contribution in [0.5, 0.6) is 0 Å². The highest BCUT2D eigenvalue weighted by Crippen LogP contribution is 2.29. The van der Waals surface area contributed by atoms with Crippen LogP contribution in [0.15, 0.2) is 30.5 Å². The van der Waals surface area contributed by atoms with Crippen LogP contribution in [0.2, 0.25) is 0 Å². The zero-order chi connectivity index (χ0) is 20.7. The van der Waals surface area contributed by atoms with Crippen molar-refractivity contribution in [3.63, 3.8) is 0 Å². The van der Waals surface area contributed by atoms with Crippen LogP contribution < -0.4 is 16.0 Å². The van der Waals surface area contributed by atoms with Gasteiger partial charge in [-0.15, -0.1) is 0 Å². The number of benzene rings is 1. The van der Waals surface area contributed by atoms with E-state index in [-0.39, 0.29) is 30.2 Å². The molecule has 3 aliphatic rings. The molecule has 156 valence electrons. The van der Waals surface area contributed by atoms with Gasteiger partial charge in [-0.3, -0.25) is 24.4 Å². The minimum Gasteiger partial charge on any atom is -0.322 e. The van der Waals surface area contributed by atoms with E-state index in [1.807, 2.05) is 35.1 Å².